The number of rotatable bonds is 6. The molecule has 0 spiro atoms. The number of nitrogens with zero attached hydrogens (tertiary/aromatic N) is 2. The zero-order chi connectivity index (χ0) is 16.0. The van der Waals surface area contributed by atoms with Crippen LogP contribution in [0.25, 0.3) is 0 Å². The quantitative estimate of drug-likeness (QED) is 0.424. The fourth-order valence-corrected chi connectivity index (χ4v) is 4.10. The Labute approximate surface area is 134 Å². The van der Waals surface area contributed by atoms with Crippen LogP contribution >= 0.6 is 0 Å². The van der Waals surface area contributed by atoms with Gasteiger partial charge in [0, 0.05) is 45.0 Å². The van der Waals surface area contributed by atoms with Gasteiger partial charge in [-0.1, -0.05) is 12.8 Å². The third-order valence-electron chi connectivity index (χ3n) is 4.61. The zero-order valence-corrected chi connectivity index (χ0v) is 14.7. The molecule has 1 heterocycles. The van der Waals surface area contributed by atoms with Crippen molar-refractivity contribution in [1.29, 1.82) is 0 Å². The van der Waals surface area contributed by atoms with Crippen molar-refractivity contribution in [2.75, 3.05) is 38.7 Å². The molecule has 0 aromatic heterocycles. The van der Waals surface area contributed by atoms with Crippen LogP contribution in [0.5, 0.6) is 0 Å². The van der Waals surface area contributed by atoms with Gasteiger partial charge >= 0.3 is 0 Å². The minimum absolute atomic E-state index is 0.218. The molecule has 128 valence electrons. The maximum absolute atomic E-state index is 11.1. The summed E-state index contributed by atoms with van der Waals surface area (Å²) < 4.78 is 22.2. The molecule has 1 atom stereocenters. The smallest absolute Gasteiger partial charge is 0.191 e. The fraction of sp³-hybridized carbons (Fsp3) is 0.933. The van der Waals surface area contributed by atoms with E-state index < -0.39 is 9.84 Å². The minimum Gasteiger partial charge on any atom is -0.356 e. The lowest BCUT2D eigenvalue weighted by Crippen LogP contribution is -2.45. The van der Waals surface area contributed by atoms with Gasteiger partial charge in [0.05, 0.1) is 5.75 Å². The average molecular weight is 330 g/mol. The molecular formula is C15H30N4O2S. The van der Waals surface area contributed by atoms with Crippen LogP contribution in [0.1, 0.15) is 38.5 Å². The SMILES string of the molecule is CN=C(NCCCS(C)(=O)=O)NC1CCN(C2CCCC2)C1. The average Bonchev–Trinajstić information content (AvgIpc) is 3.11. The number of nitrogens with one attached hydrogen (secondary N) is 2. The molecule has 7 heteroatoms. The van der Waals surface area contributed by atoms with Crippen molar-refractivity contribution in [2.24, 2.45) is 4.99 Å². The number of sulfone groups is 1. The third kappa shape index (κ3) is 5.76. The van der Waals surface area contributed by atoms with Crippen LogP contribution in [-0.4, -0.2) is 70.1 Å². The summed E-state index contributed by atoms with van der Waals surface area (Å²) in [5.41, 5.74) is 0. The zero-order valence-electron chi connectivity index (χ0n) is 13.8. The number of hydrogen-bond donors (Lipinski definition) is 2. The Morgan fingerprint density at radius 2 is 2.00 bits per heavy atom. The molecular weight excluding hydrogens is 300 g/mol. The van der Waals surface area contributed by atoms with Crippen molar-refractivity contribution in [2.45, 2.75) is 50.6 Å². The van der Waals surface area contributed by atoms with Crippen molar-refractivity contribution >= 4 is 15.8 Å². The Balaban J connectivity index is 1.67. The molecule has 0 amide bonds. The van der Waals surface area contributed by atoms with E-state index in [-0.39, 0.29) is 5.75 Å². The largest absolute Gasteiger partial charge is 0.356 e. The second-order valence-electron chi connectivity index (χ2n) is 6.55. The van der Waals surface area contributed by atoms with Gasteiger partial charge in [-0.25, -0.2) is 8.42 Å². The van der Waals surface area contributed by atoms with E-state index in [0.29, 0.717) is 19.0 Å². The van der Waals surface area contributed by atoms with Gasteiger partial charge in [0.2, 0.25) is 0 Å². The van der Waals surface area contributed by atoms with Crippen LogP contribution < -0.4 is 10.6 Å². The highest BCUT2D eigenvalue weighted by atomic mass is 32.2. The molecule has 2 rings (SSSR count). The summed E-state index contributed by atoms with van der Waals surface area (Å²) in [6.45, 7) is 2.90. The van der Waals surface area contributed by atoms with Crippen LogP contribution in [0.2, 0.25) is 0 Å². The molecule has 0 aromatic carbocycles. The van der Waals surface area contributed by atoms with Crippen LogP contribution in [0.15, 0.2) is 4.99 Å². The molecule has 1 saturated carbocycles. The van der Waals surface area contributed by atoms with Crippen molar-refractivity contribution in [3.05, 3.63) is 0 Å². The third-order valence-corrected chi connectivity index (χ3v) is 5.64. The van der Waals surface area contributed by atoms with E-state index in [0.717, 1.165) is 25.0 Å². The summed E-state index contributed by atoms with van der Waals surface area (Å²) >= 11 is 0. The summed E-state index contributed by atoms with van der Waals surface area (Å²) in [6, 6.07) is 1.23. The van der Waals surface area contributed by atoms with Gasteiger partial charge < -0.3 is 10.6 Å². The Morgan fingerprint density at radius 3 is 2.64 bits per heavy atom. The molecule has 1 aliphatic carbocycles. The molecule has 2 aliphatic rings. The minimum atomic E-state index is -2.87. The van der Waals surface area contributed by atoms with E-state index in [4.69, 9.17) is 0 Å². The Bertz CT molecular complexity index is 472. The van der Waals surface area contributed by atoms with Crippen LogP contribution in [0.4, 0.5) is 0 Å². The second kappa shape index (κ2) is 8.15. The number of hydrogen-bond acceptors (Lipinski definition) is 4. The summed E-state index contributed by atoms with van der Waals surface area (Å²) in [7, 11) is -1.12. The molecule has 0 radical (unpaired) electrons. The van der Waals surface area contributed by atoms with Crippen LogP contribution in [-0.2, 0) is 9.84 Å². The Hall–Kier alpha value is -0.820. The summed E-state index contributed by atoms with van der Waals surface area (Å²) in [5.74, 6) is 1.00. The lowest BCUT2D eigenvalue weighted by atomic mass is 10.2. The van der Waals surface area contributed by atoms with Gasteiger partial charge in [0.1, 0.15) is 9.84 Å². The van der Waals surface area contributed by atoms with Gasteiger partial charge in [-0.2, -0.15) is 0 Å². The molecule has 1 aliphatic heterocycles. The first-order chi connectivity index (χ1) is 10.5. The van der Waals surface area contributed by atoms with Crippen molar-refractivity contribution in [3.63, 3.8) is 0 Å². The maximum Gasteiger partial charge on any atom is 0.191 e. The predicted molar refractivity (Wildman–Crippen MR) is 91.1 cm³/mol. The summed E-state index contributed by atoms with van der Waals surface area (Å²) in [6.07, 6.45) is 8.50. The molecule has 2 N–H and O–H groups in total. The molecule has 1 unspecified atom stereocenters. The second-order valence-corrected chi connectivity index (χ2v) is 8.81. The summed E-state index contributed by atoms with van der Waals surface area (Å²) in [5, 5.41) is 6.67. The Morgan fingerprint density at radius 1 is 1.27 bits per heavy atom. The number of likely N-dealkylation sites (tertiary alicyclic amines) is 1. The first-order valence-corrected chi connectivity index (χ1v) is 10.4. The molecule has 6 nitrogen and oxygen atoms in total. The van der Waals surface area contributed by atoms with E-state index in [1.807, 2.05) is 0 Å². The highest BCUT2D eigenvalue weighted by molar-refractivity contribution is 7.90. The van der Waals surface area contributed by atoms with Crippen LogP contribution in [0, 0.1) is 0 Å². The molecule has 22 heavy (non-hydrogen) atoms. The van der Waals surface area contributed by atoms with Crippen molar-refractivity contribution in [3.8, 4) is 0 Å². The summed E-state index contributed by atoms with van der Waals surface area (Å²) in [4.78, 5) is 6.85. The van der Waals surface area contributed by atoms with Gasteiger partial charge in [0.25, 0.3) is 0 Å². The van der Waals surface area contributed by atoms with Gasteiger partial charge in [-0.05, 0) is 25.7 Å². The molecule has 0 aromatic rings. The lowest BCUT2D eigenvalue weighted by molar-refractivity contribution is 0.242. The van der Waals surface area contributed by atoms with Gasteiger partial charge in [-0.15, -0.1) is 0 Å². The standard InChI is InChI=1S/C15H30N4O2S/c1-16-15(17-9-5-11-22(2,20)21)18-13-8-10-19(12-13)14-6-3-4-7-14/h13-14H,3-12H2,1-2H3,(H2,16,17,18). The molecule has 1 saturated heterocycles. The lowest BCUT2D eigenvalue weighted by Gasteiger charge is -2.24. The van der Waals surface area contributed by atoms with Crippen molar-refractivity contribution in [1.82, 2.24) is 15.5 Å². The van der Waals surface area contributed by atoms with Crippen molar-refractivity contribution < 1.29 is 8.42 Å². The highest BCUT2D eigenvalue weighted by Gasteiger charge is 2.30. The van der Waals surface area contributed by atoms with Gasteiger partial charge in [-0.3, -0.25) is 9.89 Å². The first-order valence-electron chi connectivity index (χ1n) is 8.37. The maximum atomic E-state index is 11.1. The monoisotopic (exact) mass is 330 g/mol. The molecule has 0 bridgehead atoms. The fourth-order valence-electron chi connectivity index (χ4n) is 3.44. The van der Waals surface area contributed by atoms with Gasteiger partial charge in [0.15, 0.2) is 5.96 Å². The first kappa shape index (κ1) is 17.5. The van der Waals surface area contributed by atoms with E-state index >= 15 is 0 Å². The number of guanidine groups is 1. The van der Waals surface area contributed by atoms with E-state index in [2.05, 4.69) is 20.5 Å². The number of aliphatic imine (C=N–C) groups is 1. The van der Waals surface area contributed by atoms with E-state index in [1.54, 1.807) is 7.05 Å². The Kier molecular flexibility index (Phi) is 6.50. The normalized spacial score (nSPS) is 24.8. The van der Waals surface area contributed by atoms with Crippen LogP contribution in [0.3, 0.4) is 0 Å². The highest BCUT2D eigenvalue weighted by Crippen LogP contribution is 2.26. The topological polar surface area (TPSA) is 73.8 Å². The molecule has 2 fully saturated rings. The van der Waals surface area contributed by atoms with E-state index in [9.17, 15) is 8.42 Å². The van der Waals surface area contributed by atoms with E-state index in [1.165, 1.54) is 38.5 Å². The predicted octanol–water partition coefficient (Wildman–Crippen LogP) is 0.603.